The van der Waals surface area contributed by atoms with Gasteiger partial charge in [0.2, 0.25) is 0 Å². The zero-order chi connectivity index (χ0) is 27.5. The highest BCUT2D eigenvalue weighted by molar-refractivity contribution is 6.07. The molecular formula is C28H35FN2O6. The lowest BCUT2D eigenvalue weighted by Crippen LogP contribution is -2.31. The molecule has 0 unspecified atom stereocenters. The van der Waals surface area contributed by atoms with Crippen molar-refractivity contribution in [2.75, 3.05) is 26.4 Å². The minimum absolute atomic E-state index is 0.0513. The van der Waals surface area contributed by atoms with E-state index in [2.05, 4.69) is 0 Å². The summed E-state index contributed by atoms with van der Waals surface area (Å²) in [4.78, 5) is 26.9. The van der Waals surface area contributed by atoms with Gasteiger partial charge in [-0.05, 0) is 49.4 Å². The van der Waals surface area contributed by atoms with E-state index in [0.29, 0.717) is 30.8 Å². The number of Topliss-reactive ketones (excluding diaryl/α,β-unsaturated/α-hetero) is 1. The number of carboxylic acid groups (broad SMARTS) is 1. The predicted molar refractivity (Wildman–Crippen MR) is 138 cm³/mol. The Morgan fingerprint density at radius 2 is 1.73 bits per heavy atom. The number of carbonyl (C=O) groups is 2. The number of hydrogen-bond donors (Lipinski definition) is 2. The first-order chi connectivity index (χ1) is 17.4. The molecule has 2 aromatic carbocycles. The highest BCUT2D eigenvalue weighted by Crippen LogP contribution is 2.39. The molecule has 2 aromatic rings. The molecule has 0 saturated heterocycles. The molecule has 8 nitrogen and oxygen atoms in total. The van der Waals surface area contributed by atoms with Gasteiger partial charge in [-0.15, -0.1) is 0 Å². The van der Waals surface area contributed by atoms with Crippen molar-refractivity contribution >= 4 is 17.6 Å². The van der Waals surface area contributed by atoms with E-state index >= 15 is 4.39 Å². The van der Waals surface area contributed by atoms with Crippen molar-refractivity contribution < 1.29 is 33.3 Å². The van der Waals surface area contributed by atoms with E-state index in [0.717, 1.165) is 0 Å². The van der Waals surface area contributed by atoms with Crippen molar-refractivity contribution in [1.82, 2.24) is 4.90 Å². The van der Waals surface area contributed by atoms with Gasteiger partial charge in [-0.25, -0.2) is 9.18 Å². The largest absolute Gasteiger partial charge is 0.492 e. The molecule has 1 aliphatic heterocycles. The molecule has 1 aliphatic rings. The summed E-state index contributed by atoms with van der Waals surface area (Å²) >= 11 is 0. The summed E-state index contributed by atoms with van der Waals surface area (Å²) in [6.45, 7) is 12.0. The Balaban J connectivity index is 1.97. The van der Waals surface area contributed by atoms with E-state index in [-0.39, 0.29) is 65.3 Å². The Bertz CT molecular complexity index is 1220. The van der Waals surface area contributed by atoms with Crippen LogP contribution >= 0.6 is 0 Å². The average molecular weight is 515 g/mol. The molecule has 37 heavy (non-hydrogen) atoms. The van der Waals surface area contributed by atoms with Gasteiger partial charge in [-0.1, -0.05) is 27.7 Å². The molecule has 0 atom stereocenters. The van der Waals surface area contributed by atoms with Gasteiger partial charge >= 0.3 is 5.97 Å². The van der Waals surface area contributed by atoms with Crippen molar-refractivity contribution in [3.8, 4) is 17.2 Å². The fraction of sp³-hybridized carbons (Fsp3) is 0.464. The summed E-state index contributed by atoms with van der Waals surface area (Å²) < 4.78 is 32.2. The number of halogens is 1. The van der Waals surface area contributed by atoms with E-state index < -0.39 is 17.2 Å². The lowest BCUT2D eigenvalue weighted by Gasteiger charge is -2.25. The number of carboxylic acids is 1. The number of benzene rings is 2. The standard InChI is InChI=1S/C28H35FN2O6/c1-7-10-37-24-18(27(33)34)11-16(12-19(24)28(4,5)6)20(32)15-31-14-17-13-21(35-8-2)25(36-9-3)23(29)22(17)26(31)30/h11-13,30H,7-10,14-15H2,1-6H3,(H,33,34). The van der Waals surface area contributed by atoms with Crippen LogP contribution in [0.25, 0.3) is 0 Å². The molecule has 0 radical (unpaired) electrons. The summed E-state index contributed by atoms with van der Waals surface area (Å²) in [5.41, 5.74) is 0.821. The van der Waals surface area contributed by atoms with Crippen LogP contribution in [0.3, 0.4) is 0 Å². The smallest absolute Gasteiger partial charge is 0.339 e. The number of carbonyl (C=O) groups excluding carboxylic acids is 1. The molecule has 0 aromatic heterocycles. The number of ether oxygens (including phenoxy) is 3. The van der Waals surface area contributed by atoms with Gasteiger partial charge in [0.1, 0.15) is 17.1 Å². The third kappa shape index (κ3) is 5.70. The van der Waals surface area contributed by atoms with Crippen LogP contribution in [-0.2, 0) is 12.0 Å². The van der Waals surface area contributed by atoms with Crippen LogP contribution in [0.4, 0.5) is 4.39 Å². The first kappa shape index (κ1) is 28.0. The number of hydrogen-bond acceptors (Lipinski definition) is 6. The molecule has 0 saturated carbocycles. The van der Waals surface area contributed by atoms with Gasteiger partial charge in [0.15, 0.2) is 23.1 Å². The number of fused-ring (bicyclic) bond motifs is 1. The monoisotopic (exact) mass is 514 g/mol. The average Bonchev–Trinajstić information content (AvgIpc) is 3.13. The zero-order valence-corrected chi connectivity index (χ0v) is 22.3. The molecule has 3 rings (SSSR count). The minimum Gasteiger partial charge on any atom is -0.492 e. The maximum Gasteiger partial charge on any atom is 0.339 e. The van der Waals surface area contributed by atoms with Crippen molar-refractivity contribution in [2.24, 2.45) is 0 Å². The van der Waals surface area contributed by atoms with E-state index in [1.165, 1.54) is 11.0 Å². The van der Waals surface area contributed by atoms with E-state index in [1.54, 1.807) is 26.0 Å². The Hall–Kier alpha value is -3.62. The summed E-state index contributed by atoms with van der Waals surface area (Å²) in [6, 6.07) is 4.62. The molecule has 0 bridgehead atoms. The number of aromatic carboxylic acids is 1. The fourth-order valence-corrected chi connectivity index (χ4v) is 4.29. The van der Waals surface area contributed by atoms with E-state index in [1.807, 2.05) is 27.7 Å². The Labute approximate surface area is 216 Å². The van der Waals surface area contributed by atoms with Crippen LogP contribution in [0.2, 0.25) is 0 Å². The topological polar surface area (TPSA) is 109 Å². The summed E-state index contributed by atoms with van der Waals surface area (Å²) in [5.74, 6) is -1.95. The van der Waals surface area contributed by atoms with Crippen LogP contribution in [0, 0.1) is 11.2 Å². The third-order valence-electron chi connectivity index (χ3n) is 6.01. The lowest BCUT2D eigenvalue weighted by atomic mass is 9.83. The Kier molecular flexibility index (Phi) is 8.46. The first-order valence-corrected chi connectivity index (χ1v) is 12.5. The summed E-state index contributed by atoms with van der Waals surface area (Å²) in [5, 5.41) is 18.4. The predicted octanol–water partition coefficient (Wildman–Crippen LogP) is 5.43. The molecule has 0 fully saturated rings. The third-order valence-corrected chi connectivity index (χ3v) is 6.01. The first-order valence-electron chi connectivity index (χ1n) is 12.5. The number of rotatable bonds is 11. The Morgan fingerprint density at radius 3 is 2.30 bits per heavy atom. The molecule has 0 spiro atoms. The number of ketones is 1. The normalized spacial score (nSPS) is 12.9. The van der Waals surface area contributed by atoms with Gasteiger partial charge in [0.25, 0.3) is 0 Å². The second-order valence-corrected chi connectivity index (χ2v) is 9.85. The quantitative estimate of drug-likeness (QED) is 0.385. The molecular weight excluding hydrogens is 479 g/mol. The Morgan fingerprint density at radius 1 is 1.05 bits per heavy atom. The molecule has 2 N–H and O–H groups in total. The van der Waals surface area contributed by atoms with Gasteiger partial charge in [-0.3, -0.25) is 10.2 Å². The van der Waals surface area contributed by atoms with E-state index in [4.69, 9.17) is 19.6 Å². The molecule has 1 heterocycles. The number of nitrogens with one attached hydrogen (secondary N) is 1. The zero-order valence-electron chi connectivity index (χ0n) is 22.3. The summed E-state index contributed by atoms with van der Waals surface area (Å²) in [7, 11) is 0. The SMILES string of the molecule is CCCOc1c(C(=O)O)cc(C(=O)CN2Cc3cc(OCC)c(OCC)c(F)c3C2=N)cc1C(C)(C)C. The van der Waals surface area contributed by atoms with Crippen molar-refractivity contribution in [3.63, 3.8) is 0 Å². The van der Waals surface area contributed by atoms with Crippen molar-refractivity contribution in [3.05, 3.63) is 51.8 Å². The van der Waals surface area contributed by atoms with Gasteiger partial charge < -0.3 is 24.2 Å². The fourth-order valence-electron chi connectivity index (χ4n) is 4.29. The maximum absolute atomic E-state index is 15.4. The molecule has 0 amide bonds. The lowest BCUT2D eigenvalue weighted by molar-refractivity contribution is 0.0691. The van der Waals surface area contributed by atoms with Gasteiger partial charge in [-0.2, -0.15) is 0 Å². The van der Waals surface area contributed by atoms with Crippen LogP contribution in [0.5, 0.6) is 17.2 Å². The van der Waals surface area contributed by atoms with Crippen LogP contribution in [-0.4, -0.2) is 54.0 Å². The van der Waals surface area contributed by atoms with Gasteiger partial charge in [0, 0.05) is 17.7 Å². The molecule has 0 aliphatic carbocycles. The number of nitrogens with zero attached hydrogens (tertiary/aromatic N) is 1. The van der Waals surface area contributed by atoms with Crippen LogP contribution in [0.15, 0.2) is 18.2 Å². The van der Waals surface area contributed by atoms with Crippen molar-refractivity contribution in [1.29, 1.82) is 5.41 Å². The minimum atomic E-state index is -1.19. The molecule has 9 heteroatoms. The second kappa shape index (κ2) is 11.2. The van der Waals surface area contributed by atoms with Crippen LogP contribution in [0.1, 0.15) is 85.4 Å². The highest BCUT2D eigenvalue weighted by atomic mass is 19.1. The highest BCUT2D eigenvalue weighted by Gasteiger charge is 2.34. The second-order valence-electron chi connectivity index (χ2n) is 9.85. The number of amidine groups is 1. The van der Waals surface area contributed by atoms with Crippen molar-refractivity contribution in [2.45, 2.75) is 59.9 Å². The van der Waals surface area contributed by atoms with Gasteiger partial charge in [0.05, 0.1) is 31.9 Å². The van der Waals surface area contributed by atoms with E-state index in [9.17, 15) is 14.7 Å². The summed E-state index contributed by atoms with van der Waals surface area (Å²) in [6.07, 6.45) is 0.702. The maximum atomic E-state index is 15.4. The van der Waals surface area contributed by atoms with Crippen LogP contribution < -0.4 is 14.2 Å². The molecule has 200 valence electrons.